The molecule has 2 heterocycles. The summed E-state index contributed by atoms with van der Waals surface area (Å²) in [6, 6.07) is 10.3. The topological polar surface area (TPSA) is 47.8 Å². The molecule has 0 unspecified atom stereocenters. The van der Waals surface area contributed by atoms with Gasteiger partial charge in [-0.1, -0.05) is 55.4 Å². The highest BCUT2D eigenvalue weighted by atomic mass is 32.2. The van der Waals surface area contributed by atoms with Crippen molar-refractivity contribution in [1.29, 1.82) is 0 Å². The van der Waals surface area contributed by atoms with Crippen LogP contribution < -0.4 is 0 Å². The zero-order chi connectivity index (χ0) is 15.4. The minimum atomic E-state index is 0.188. The zero-order valence-corrected chi connectivity index (χ0v) is 13.5. The summed E-state index contributed by atoms with van der Waals surface area (Å²) in [6.45, 7) is 2.12. The highest BCUT2D eigenvalue weighted by Gasteiger charge is 2.20. The van der Waals surface area contributed by atoms with Crippen molar-refractivity contribution in [3.63, 3.8) is 0 Å². The van der Waals surface area contributed by atoms with Gasteiger partial charge >= 0.3 is 0 Å². The molecular formula is C17H19N3OS. The van der Waals surface area contributed by atoms with E-state index in [4.69, 9.17) is 0 Å². The average molecular weight is 313 g/mol. The van der Waals surface area contributed by atoms with Gasteiger partial charge in [0.15, 0.2) is 10.9 Å². The van der Waals surface area contributed by atoms with E-state index in [1.807, 2.05) is 18.2 Å². The van der Waals surface area contributed by atoms with Crippen molar-refractivity contribution in [3.05, 3.63) is 47.8 Å². The third-order valence-electron chi connectivity index (χ3n) is 3.63. The minimum Gasteiger partial charge on any atom is -0.295 e. The van der Waals surface area contributed by atoms with Crippen LogP contribution in [0.3, 0.4) is 0 Å². The van der Waals surface area contributed by atoms with Crippen LogP contribution in [0.4, 0.5) is 0 Å². The van der Waals surface area contributed by atoms with E-state index in [1.54, 1.807) is 17.8 Å². The molecule has 0 radical (unpaired) electrons. The molecule has 0 spiro atoms. The van der Waals surface area contributed by atoms with Crippen LogP contribution in [0.15, 0.2) is 41.6 Å². The molecule has 0 aliphatic carbocycles. The fourth-order valence-electron chi connectivity index (χ4n) is 2.56. The molecule has 0 saturated heterocycles. The number of carbonyl (C=O) groups excluding carboxylic acids is 1. The van der Waals surface area contributed by atoms with Crippen LogP contribution in [0.25, 0.3) is 5.70 Å². The van der Waals surface area contributed by atoms with E-state index in [9.17, 15) is 4.79 Å². The van der Waals surface area contributed by atoms with Crippen LogP contribution in [0.5, 0.6) is 0 Å². The van der Waals surface area contributed by atoms with Gasteiger partial charge in [0.1, 0.15) is 5.82 Å². The molecule has 5 heteroatoms. The van der Waals surface area contributed by atoms with Crippen molar-refractivity contribution in [1.82, 2.24) is 14.8 Å². The number of thioether (sulfide) groups is 1. The standard InChI is InChI=1S/C17H19N3OS/c1-2-6-14-11-15(21)9-10-16-18-19-17(20(14)16)22-12-13-7-4-3-5-8-13/h3-5,7-8,11H,2,6,9-10,12H2,1H3. The van der Waals surface area contributed by atoms with E-state index >= 15 is 0 Å². The maximum atomic E-state index is 11.9. The molecule has 0 bridgehead atoms. The van der Waals surface area contributed by atoms with Crippen molar-refractivity contribution in [2.24, 2.45) is 0 Å². The van der Waals surface area contributed by atoms with Gasteiger partial charge in [0.05, 0.1) is 0 Å². The van der Waals surface area contributed by atoms with Gasteiger partial charge in [0.25, 0.3) is 0 Å². The second-order valence-electron chi connectivity index (χ2n) is 5.36. The van der Waals surface area contributed by atoms with Gasteiger partial charge in [-0.2, -0.15) is 0 Å². The van der Waals surface area contributed by atoms with Crippen LogP contribution in [-0.2, 0) is 17.0 Å². The monoisotopic (exact) mass is 313 g/mol. The smallest absolute Gasteiger partial charge is 0.195 e. The van der Waals surface area contributed by atoms with E-state index in [1.165, 1.54) is 5.56 Å². The third kappa shape index (κ3) is 3.30. The Morgan fingerprint density at radius 3 is 2.77 bits per heavy atom. The predicted molar refractivity (Wildman–Crippen MR) is 88.5 cm³/mol. The Morgan fingerprint density at radius 2 is 2.00 bits per heavy atom. The predicted octanol–water partition coefficient (Wildman–Crippen LogP) is 3.73. The molecule has 0 N–H and O–H groups in total. The van der Waals surface area contributed by atoms with Gasteiger partial charge in [-0.25, -0.2) is 0 Å². The Kier molecular flexibility index (Phi) is 4.73. The van der Waals surface area contributed by atoms with Gasteiger partial charge in [-0.3, -0.25) is 9.36 Å². The van der Waals surface area contributed by atoms with Crippen LogP contribution in [0.1, 0.15) is 37.6 Å². The van der Waals surface area contributed by atoms with Crippen LogP contribution in [-0.4, -0.2) is 20.5 Å². The highest BCUT2D eigenvalue weighted by molar-refractivity contribution is 7.98. The molecular weight excluding hydrogens is 294 g/mol. The summed E-state index contributed by atoms with van der Waals surface area (Å²) in [5.74, 6) is 1.95. The summed E-state index contributed by atoms with van der Waals surface area (Å²) in [4.78, 5) is 11.9. The first-order valence-electron chi connectivity index (χ1n) is 7.62. The first-order chi connectivity index (χ1) is 10.8. The molecule has 114 valence electrons. The first kappa shape index (κ1) is 15.0. The van der Waals surface area contributed by atoms with Crippen molar-refractivity contribution in [3.8, 4) is 0 Å². The second-order valence-corrected chi connectivity index (χ2v) is 6.30. The molecule has 4 nitrogen and oxygen atoms in total. The minimum absolute atomic E-state index is 0.188. The van der Waals surface area contributed by atoms with Gasteiger partial charge in [-0.15, -0.1) is 10.2 Å². The average Bonchev–Trinajstić information content (AvgIpc) is 2.87. The van der Waals surface area contributed by atoms with Crippen molar-refractivity contribution in [2.45, 2.75) is 43.5 Å². The number of nitrogens with zero attached hydrogens (tertiary/aromatic N) is 3. The second kappa shape index (κ2) is 6.92. The SMILES string of the molecule is CCCC1=CC(=O)CCc2nnc(SCc3ccccc3)n21. The van der Waals surface area contributed by atoms with Gasteiger partial charge in [-0.05, 0) is 12.0 Å². The Balaban J connectivity index is 1.86. The number of allylic oxidation sites excluding steroid dienone is 2. The molecule has 22 heavy (non-hydrogen) atoms. The molecule has 0 atom stereocenters. The number of benzene rings is 1. The lowest BCUT2D eigenvalue weighted by molar-refractivity contribution is -0.114. The van der Waals surface area contributed by atoms with E-state index in [2.05, 4.69) is 33.8 Å². The van der Waals surface area contributed by atoms with E-state index in [0.717, 1.165) is 35.3 Å². The number of hydrogen-bond acceptors (Lipinski definition) is 4. The van der Waals surface area contributed by atoms with Crippen LogP contribution >= 0.6 is 11.8 Å². The quantitative estimate of drug-likeness (QED) is 0.789. The number of aromatic nitrogens is 3. The summed E-state index contributed by atoms with van der Waals surface area (Å²) < 4.78 is 2.09. The highest BCUT2D eigenvalue weighted by Crippen LogP contribution is 2.28. The number of ketones is 1. The maximum Gasteiger partial charge on any atom is 0.195 e. The first-order valence-corrected chi connectivity index (χ1v) is 8.61. The summed E-state index contributed by atoms with van der Waals surface area (Å²) in [5.41, 5.74) is 2.29. The summed E-state index contributed by atoms with van der Waals surface area (Å²) >= 11 is 1.67. The van der Waals surface area contributed by atoms with E-state index in [0.29, 0.717) is 12.8 Å². The Morgan fingerprint density at radius 1 is 1.18 bits per heavy atom. The lowest BCUT2D eigenvalue weighted by atomic mass is 10.2. The third-order valence-corrected chi connectivity index (χ3v) is 4.63. The van der Waals surface area contributed by atoms with Crippen molar-refractivity contribution in [2.75, 3.05) is 0 Å². The summed E-state index contributed by atoms with van der Waals surface area (Å²) in [6.07, 6.45) is 4.83. The Hall–Kier alpha value is -1.88. The van der Waals surface area contributed by atoms with Gasteiger partial charge < -0.3 is 0 Å². The molecule has 1 aromatic heterocycles. The molecule has 3 rings (SSSR count). The molecule has 1 aliphatic heterocycles. The molecule has 0 fully saturated rings. The van der Waals surface area contributed by atoms with Gasteiger partial charge in [0.2, 0.25) is 0 Å². The largest absolute Gasteiger partial charge is 0.295 e. The fourth-order valence-corrected chi connectivity index (χ4v) is 3.50. The maximum absolute atomic E-state index is 11.9. The molecule has 0 saturated carbocycles. The molecule has 2 aromatic rings. The number of aryl methyl sites for hydroxylation is 1. The summed E-state index contributed by atoms with van der Waals surface area (Å²) in [7, 11) is 0. The molecule has 1 aromatic carbocycles. The Bertz CT molecular complexity index is 691. The van der Waals surface area contributed by atoms with Crippen LogP contribution in [0.2, 0.25) is 0 Å². The lowest BCUT2D eigenvalue weighted by Gasteiger charge is -2.11. The normalized spacial score (nSPS) is 14.4. The molecule has 1 aliphatic rings. The van der Waals surface area contributed by atoms with E-state index in [-0.39, 0.29) is 5.78 Å². The zero-order valence-electron chi connectivity index (χ0n) is 12.7. The number of hydrogen-bond donors (Lipinski definition) is 0. The fraction of sp³-hybridized carbons (Fsp3) is 0.353. The molecule has 0 amide bonds. The lowest BCUT2D eigenvalue weighted by Crippen LogP contribution is -2.03. The number of fused-ring (bicyclic) bond motifs is 1. The number of rotatable bonds is 5. The van der Waals surface area contributed by atoms with Gasteiger partial charge in [0, 0.05) is 30.4 Å². The number of carbonyl (C=O) groups is 1. The van der Waals surface area contributed by atoms with Crippen molar-refractivity contribution >= 4 is 23.2 Å². The van der Waals surface area contributed by atoms with Crippen molar-refractivity contribution < 1.29 is 4.79 Å². The van der Waals surface area contributed by atoms with Crippen LogP contribution in [0, 0.1) is 0 Å². The summed E-state index contributed by atoms with van der Waals surface area (Å²) in [5, 5.41) is 9.51. The van der Waals surface area contributed by atoms with E-state index < -0.39 is 0 Å². The Labute approximate surface area is 134 Å².